The molecule has 0 saturated carbocycles. The van der Waals surface area contributed by atoms with Crippen molar-refractivity contribution in [1.82, 2.24) is 0 Å². The molecule has 0 aromatic rings. The van der Waals surface area contributed by atoms with Crippen LogP contribution < -0.4 is 0 Å². The Labute approximate surface area is 191 Å². The molecule has 3 aliphatic rings. The van der Waals surface area contributed by atoms with Crippen molar-refractivity contribution >= 4 is 0 Å². The maximum atomic E-state index is 6.45. The Balaban J connectivity index is 1.50. The summed E-state index contributed by atoms with van der Waals surface area (Å²) in [6.07, 6.45) is 19.0. The summed E-state index contributed by atoms with van der Waals surface area (Å²) in [6, 6.07) is 0. The van der Waals surface area contributed by atoms with Gasteiger partial charge in [0.25, 0.3) is 0 Å². The minimum atomic E-state index is -0.0218. The van der Waals surface area contributed by atoms with E-state index in [9.17, 15) is 0 Å². The van der Waals surface area contributed by atoms with Crippen molar-refractivity contribution in [3.05, 3.63) is 46.6 Å². The molecule has 0 amide bonds. The number of rotatable bonds is 7. The van der Waals surface area contributed by atoms with Gasteiger partial charge in [0, 0.05) is 11.3 Å². The highest BCUT2D eigenvalue weighted by molar-refractivity contribution is 5.14. The smallest absolute Gasteiger partial charge is 0.160 e. The summed E-state index contributed by atoms with van der Waals surface area (Å²) < 4.78 is 12.9. The number of ether oxygens (including phenoxy) is 2. The third-order valence-corrected chi connectivity index (χ3v) is 7.86. The van der Waals surface area contributed by atoms with E-state index in [2.05, 4.69) is 65.8 Å². The quantitative estimate of drug-likeness (QED) is 0.382. The summed E-state index contributed by atoms with van der Waals surface area (Å²) >= 11 is 0. The minimum absolute atomic E-state index is 0.0218. The molecule has 0 aromatic carbocycles. The molecule has 2 nitrogen and oxygen atoms in total. The molecular formula is C29H46O2. The van der Waals surface area contributed by atoms with E-state index in [1.54, 1.807) is 11.1 Å². The highest BCUT2D eigenvalue weighted by Crippen LogP contribution is 2.46. The van der Waals surface area contributed by atoms with Crippen LogP contribution in [0.5, 0.6) is 0 Å². The topological polar surface area (TPSA) is 18.5 Å². The third kappa shape index (κ3) is 6.68. The number of allylic oxidation sites excluding steroid dienone is 8. The Morgan fingerprint density at radius 3 is 2.00 bits per heavy atom. The van der Waals surface area contributed by atoms with Crippen molar-refractivity contribution in [2.75, 3.05) is 13.2 Å². The molecule has 3 rings (SSSR count). The maximum absolute atomic E-state index is 6.45. The van der Waals surface area contributed by atoms with E-state index in [0.717, 1.165) is 26.1 Å². The van der Waals surface area contributed by atoms with E-state index in [0.29, 0.717) is 17.8 Å². The van der Waals surface area contributed by atoms with E-state index in [1.807, 2.05) is 0 Å². The molecule has 31 heavy (non-hydrogen) atoms. The van der Waals surface area contributed by atoms with Crippen molar-refractivity contribution < 1.29 is 9.47 Å². The van der Waals surface area contributed by atoms with Crippen molar-refractivity contribution in [2.45, 2.75) is 99.2 Å². The van der Waals surface area contributed by atoms with Crippen molar-refractivity contribution in [3.63, 3.8) is 0 Å². The van der Waals surface area contributed by atoms with E-state index in [-0.39, 0.29) is 11.7 Å². The lowest BCUT2D eigenvalue weighted by atomic mass is 9.67. The van der Waals surface area contributed by atoms with Crippen molar-refractivity contribution in [3.8, 4) is 0 Å². The lowest BCUT2D eigenvalue weighted by Crippen LogP contribution is -2.49. The fraction of sp³-hybridized carbons (Fsp3) is 0.724. The van der Waals surface area contributed by atoms with Crippen LogP contribution in [0.25, 0.3) is 0 Å². The predicted molar refractivity (Wildman–Crippen MR) is 132 cm³/mol. The van der Waals surface area contributed by atoms with Crippen LogP contribution in [-0.2, 0) is 9.47 Å². The maximum Gasteiger partial charge on any atom is 0.160 e. The Bertz CT molecular complexity index is 707. The first-order valence-corrected chi connectivity index (χ1v) is 12.6. The minimum Gasteiger partial charge on any atom is -0.352 e. The molecule has 174 valence electrons. The fourth-order valence-electron chi connectivity index (χ4n) is 5.54. The first kappa shape index (κ1) is 24.5. The van der Waals surface area contributed by atoms with Gasteiger partial charge in [0.15, 0.2) is 6.29 Å². The molecule has 3 unspecified atom stereocenters. The van der Waals surface area contributed by atoms with Crippen LogP contribution in [0.4, 0.5) is 0 Å². The average Bonchev–Trinajstić information content (AvgIpc) is 2.71. The molecule has 0 radical (unpaired) electrons. The number of hydrogen-bond acceptors (Lipinski definition) is 2. The lowest BCUT2D eigenvalue weighted by molar-refractivity contribution is -0.265. The summed E-state index contributed by atoms with van der Waals surface area (Å²) in [5, 5.41) is 0. The molecule has 1 aliphatic heterocycles. The zero-order valence-corrected chi connectivity index (χ0v) is 21.0. The molecule has 1 saturated heterocycles. The molecule has 0 N–H and O–H groups in total. The molecule has 3 atom stereocenters. The highest BCUT2D eigenvalue weighted by Gasteiger charge is 2.45. The Kier molecular flexibility index (Phi) is 8.82. The molecule has 0 aromatic heterocycles. The molecule has 1 spiro atoms. The molecule has 1 heterocycles. The summed E-state index contributed by atoms with van der Waals surface area (Å²) in [6.45, 7) is 15.3. The molecule has 2 aliphatic carbocycles. The van der Waals surface area contributed by atoms with Crippen molar-refractivity contribution in [1.29, 1.82) is 0 Å². The normalized spacial score (nSPS) is 33.5. The van der Waals surface area contributed by atoms with Gasteiger partial charge in [-0.2, -0.15) is 0 Å². The SMILES string of the molecule is CC(C)=CCCC1=CCC(C2OCC3(CC=C(CCC=C(C)C)CC3C)CO2)C(C)C1. The van der Waals surface area contributed by atoms with Gasteiger partial charge >= 0.3 is 0 Å². The zero-order chi connectivity index (χ0) is 22.4. The molecular weight excluding hydrogens is 380 g/mol. The first-order chi connectivity index (χ1) is 14.8. The Morgan fingerprint density at radius 1 is 0.903 bits per heavy atom. The second-order valence-electron chi connectivity index (χ2n) is 11.1. The number of hydrogen-bond donors (Lipinski definition) is 0. The average molecular weight is 427 g/mol. The van der Waals surface area contributed by atoms with Gasteiger partial charge < -0.3 is 9.47 Å². The largest absolute Gasteiger partial charge is 0.352 e. The summed E-state index contributed by atoms with van der Waals surface area (Å²) in [4.78, 5) is 0. The Hall–Kier alpha value is -1.12. The van der Waals surface area contributed by atoms with E-state index >= 15 is 0 Å². The van der Waals surface area contributed by atoms with Gasteiger partial charge in [-0.05, 0) is 90.9 Å². The van der Waals surface area contributed by atoms with Gasteiger partial charge in [-0.1, -0.05) is 60.4 Å². The van der Waals surface area contributed by atoms with Gasteiger partial charge in [-0.3, -0.25) is 0 Å². The third-order valence-electron chi connectivity index (χ3n) is 7.86. The van der Waals surface area contributed by atoms with Crippen molar-refractivity contribution in [2.24, 2.45) is 23.2 Å². The van der Waals surface area contributed by atoms with Crippen LogP contribution in [0.2, 0.25) is 0 Å². The van der Waals surface area contributed by atoms with Gasteiger partial charge in [-0.15, -0.1) is 0 Å². The lowest BCUT2D eigenvalue weighted by Gasteiger charge is -2.48. The van der Waals surface area contributed by atoms with Crippen LogP contribution >= 0.6 is 0 Å². The second kappa shape index (κ2) is 11.1. The summed E-state index contributed by atoms with van der Waals surface area (Å²) in [7, 11) is 0. The zero-order valence-electron chi connectivity index (χ0n) is 21.0. The van der Waals surface area contributed by atoms with E-state index in [1.165, 1.54) is 49.7 Å². The highest BCUT2D eigenvalue weighted by atomic mass is 16.7. The van der Waals surface area contributed by atoms with E-state index in [4.69, 9.17) is 9.47 Å². The predicted octanol–water partition coefficient (Wildman–Crippen LogP) is 8.17. The molecule has 0 bridgehead atoms. The first-order valence-electron chi connectivity index (χ1n) is 12.6. The molecule has 1 fully saturated rings. The second-order valence-corrected chi connectivity index (χ2v) is 11.1. The standard InChI is InChI=1S/C29H46O2/c1-21(2)9-7-11-25-13-14-27(23(5)17-25)28-30-19-29(20-31-28)16-15-26(18-24(29)6)12-8-10-22(3)4/h9-10,13,15,23-24,27-28H,7-8,11-12,14,16-20H2,1-6H3. The monoisotopic (exact) mass is 426 g/mol. The van der Waals surface area contributed by atoms with Gasteiger partial charge in [0.2, 0.25) is 0 Å². The van der Waals surface area contributed by atoms with Crippen LogP contribution in [-0.4, -0.2) is 19.5 Å². The van der Waals surface area contributed by atoms with Crippen LogP contribution in [0, 0.1) is 23.2 Å². The van der Waals surface area contributed by atoms with Gasteiger partial charge in [0.05, 0.1) is 13.2 Å². The Morgan fingerprint density at radius 2 is 1.48 bits per heavy atom. The van der Waals surface area contributed by atoms with Crippen LogP contribution in [0.3, 0.4) is 0 Å². The van der Waals surface area contributed by atoms with E-state index < -0.39 is 0 Å². The molecule has 2 heteroatoms. The fourth-order valence-corrected chi connectivity index (χ4v) is 5.54. The van der Waals surface area contributed by atoms with Gasteiger partial charge in [-0.25, -0.2) is 0 Å². The summed E-state index contributed by atoms with van der Waals surface area (Å²) in [5.74, 6) is 1.76. The summed E-state index contributed by atoms with van der Waals surface area (Å²) in [5.41, 5.74) is 6.28. The van der Waals surface area contributed by atoms with Crippen LogP contribution in [0.1, 0.15) is 92.9 Å². The van der Waals surface area contributed by atoms with Gasteiger partial charge in [0.1, 0.15) is 0 Å². The van der Waals surface area contributed by atoms with Crippen LogP contribution in [0.15, 0.2) is 46.6 Å².